The molecule has 21 nitrogen and oxygen atoms in total. The molecule has 0 saturated carbocycles. The number of ketones is 1. The molecule has 24 atom stereocenters. The van der Waals surface area contributed by atoms with Crippen molar-refractivity contribution in [3.05, 3.63) is 0 Å². The van der Waals surface area contributed by atoms with E-state index in [1.807, 2.05) is 0 Å². The third kappa shape index (κ3) is 8.14. The number of Topliss-reactive ketones (excluding diaryl/α,β-unsaturated/α-hetero) is 1. The highest BCUT2D eigenvalue weighted by Crippen LogP contribution is 2.36. The molecule has 0 aliphatic carbocycles. The zero-order valence-electron chi connectivity index (χ0n) is 28.4. The second-order valence-corrected chi connectivity index (χ2v) is 13.7. The molecule has 5 saturated heterocycles. The Kier molecular flexibility index (Phi) is 13.1. The standard InChI is InChI=1S/C30H50O21/c1-6-11(31)15(35)18(38)27(44-6)50-24-17(37)13(33)8(3)46-29(24)48-22-10(5)47-30(49-23-14(34)9(4)43-26(42)21(23)41)25(20(22)40)51-28-19(39)16(36)12(32)7(2)45-28/h6-13,15-33,35-42H,1-5H3/t6-,7-,8-,9-,10-,11+,12-,13+,15+,16+,17+,18-,19-,20+,21-,22-,23+,24-,25-,26-,27+,28+,29+,30+/m1/s1. The van der Waals surface area contributed by atoms with Crippen molar-refractivity contribution in [1.29, 1.82) is 0 Å². The highest BCUT2D eigenvalue weighted by atomic mass is 16.8. The van der Waals surface area contributed by atoms with Crippen LogP contribution in [-0.4, -0.2) is 209 Å². The first kappa shape index (κ1) is 41.0. The van der Waals surface area contributed by atoms with Gasteiger partial charge in [0.25, 0.3) is 0 Å². The first-order valence-corrected chi connectivity index (χ1v) is 16.8. The molecule has 0 aromatic rings. The van der Waals surface area contributed by atoms with E-state index in [0.717, 1.165) is 0 Å². The molecule has 11 N–H and O–H groups in total. The lowest BCUT2D eigenvalue weighted by atomic mass is 9.96. The minimum absolute atomic E-state index is 0.798. The van der Waals surface area contributed by atoms with E-state index in [-0.39, 0.29) is 0 Å². The molecule has 21 heteroatoms. The van der Waals surface area contributed by atoms with Gasteiger partial charge in [-0.3, -0.25) is 4.79 Å². The topological polar surface area (TPSA) is 323 Å². The summed E-state index contributed by atoms with van der Waals surface area (Å²) in [4.78, 5) is 12.9. The van der Waals surface area contributed by atoms with Gasteiger partial charge in [0.1, 0.15) is 85.5 Å². The van der Waals surface area contributed by atoms with Crippen LogP contribution in [0.3, 0.4) is 0 Å². The lowest BCUT2D eigenvalue weighted by Crippen LogP contribution is -2.67. The van der Waals surface area contributed by atoms with E-state index >= 15 is 0 Å². The molecule has 51 heavy (non-hydrogen) atoms. The first-order chi connectivity index (χ1) is 23.8. The zero-order chi connectivity index (χ0) is 37.8. The molecule has 5 rings (SSSR count). The number of carbonyl (C=O) groups excluding carboxylic acids is 1. The number of aliphatic hydroxyl groups excluding tert-OH is 11. The maximum absolute atomic E-state index is 12.9. The largest absolute Gasteiger partial charge is 0.388 e. The van der Waals surface area contributed by atoms with Crippen molar-refractivity contribution in [2.45, 2.75) is 182 Å². The van der Waals surface area contributed by atoms with Crippen molar-refractivity contribution in [3.8, 4) is 0 Å². The number of ether oxygens (including phenoxy) is 9. The molecule has 0 aromatic heterocycles. The number of rotatable bonds is 8. The predicted octanol–water partition coefficient (Wildman–Crippen LogP) is -6.58. The molecule has 0 unspecified atom stereocenters. The monoisotopic (exact) mass is 746 g/mol. The Morgan fingerprint density at radius 3 is 1.29 bits per heavy atom. The molecule has 0 spiro atoms. The van der Waals surface area contributed by atoms with Gasteiger partial charge in [0.05, 0.1) is 24.4 Å². The number of hydrogen-bond donors (Lipinski definition) is 11. The summed E-state index contributed by atoms with van der Waals surface area (Å²) in [7, 11) is 0. The summed E-state index contributed by atoms with van der Waals surface area (Å²) in [6, 6.07) is 0. The maximum atomic E-state index is 12.9. The smallest absolute Gasteiger partial charge is 0.192 e. The van der Waals surface area contributed by atoms with Crippen LogP contribution in [0.5, 0.6) is 0 Å². The van der Waals surface area contributed by atoms with Gasteiger partial charge < -0.3 is 98.8 Å². The highest BCUT2D eigenvalue weighted by molar-refractivity contribution is 5.88. The lowest BCUT2D eigenvalue weighted by molar-refractivity contribution is -0.398. The fourth-order valence-electron chi connectivity index (χ4n) is 6.61. The second kappa shape index (κ2) is 16.3. The van der Waals surface area contributed by atoms with Gasteiger partial charge >= 0.3 is 0 Å². The Bertz CT molecular complexity index is 1170. The summed E-state index contributed by atoms with van der Waals surface area (Å²) < 4.78 is 51.3. The summed E-state index contributed by atoms with van der Waals surface area (Å²) in [6.45, 7) is 6.87. The van der Waals surface area contributed by atoms with Crippen LogP contribution in [0.15, 0.2) is 0 Å². The summed E-state index contributed by atoms with van der Waals surface area (Å²) in [5, 5.41) is 116. The third-order valence-electron chi connectivity index (χ3n) is 9.94. The van der Waals surface area contributed by atoms with Crippen molar-refractivity contribution in [2.75, 3.05) is 0 Å². The van der Waals surface area contributed by atoms with Gasteiger partial charge in [-0.2, -0.15) is 0 Å². The number of carbonyl (C=O) groups is 1. The average molecular weight is 747 g/mol. The van der Waals surface area contributed by atoms with Gasteiger partial charge in [-0.1, -0.05) is 0 Å². The van der Waals surface area contributed by atoms with E-state index in [9.17, 15) is 61.0 Å². The average Bonchev–Trinajstić information content (AvgIpc) is 3.08. The van der Waals surface area contributed by atoms with E-state index in [4.69, 9.17) is 42.6 Å². The fourth-order valence-corrected chi connectivity index (χ4v) is 6.61. The molecule has 5 aliphatic rings. The van der Waals surface area contributed by atoms with Gasteiger partial charge in [0.2, 0.25) is 0 Å². The van der Waals surface area contributed by atoms with Crippen molar-refractivity contribution < 1.29 is 104 Å². The van der Waals surface area contributed by atoms with Crippen molar-refractivity contribution in [3.63, 3.8) is 0 Å². The zero-order valence-corrected chi connectivity index (χ0v) is 28.4. The van der Waals surface area contributed by atoms with Crippen LogP contribution in [-0.2, 0) is 47.4 Å². The Labute approximate surface area is 291 Å². The molecule has 5 aliphatic heterocycles. The normalized spacial score (nSPS) is 55.8. The minimum atomic E-state index is -1.91. The van der Waals surface area contributed by atoms with Crippen LogP contribution in [0.25, 0.3) is 0 Å². The summed E-state index contributed by atoms with van der Waals surface area (Å²) in [5.74, 6) is -0.798. The second-order valence-electron chi connectivity index (χ2n) is 13.7. The molecule has 0 aromatic carbocycles. The van der Waals surface area contributed by atoms with Crippen molar-refractivity contribution in [1.82, 2.24) is 0 Å². The van der Waals surface area contributed by atoms with Crippen LogP contribution in [0.2, 0.25) is 0 Å². The summed E-state index contributed by atoms with van der Waals surface area (Å²) in [6.07, 6.45) is -38.3. The van der Waals surface area contributed by atoms with Crippen LogP contribution in [0, 0.1) is 0 Å². The van der Waals surface area contributed by atoms with Crippen LogP contribution in [0.4, 0.5) is 0 Å². The molecular formula is C30H50O21. The maximum Gasteiger partial charge on any atom is 0.192 e. The highest BCUT2D eigenvalue weighted by Gasteiger charge is 2.56. The van der Waals surface area contributed by atoms with Crippen LogP contribution >= 0.6 is 0 Å². The van der Waals surface area contributed by atoms with Crippen molar-refractivity contribution in [2.24, 2.45) is 0 Å². The lowest BCUT2D eigenvalue weighted by Gasteiger charge is -2.50. The van der Waals surface area contributed by atoms with E-state index in [1.54, 1.807) is 0 Å². The predicted molar refractivity (Wildman–Crippen MR) is 158 cm³/mol. The summed E-state index contributed by atoms with van der Waals surface area (Å²) >= 11 is 0. The molecule has 0 radical (unpaired) electrons. The SMILES string of the molecule is C[C@H]1O[C@@H](O)[C@H](O)[C@@H](O[C@@H]2O[C@H](C)[C@@H](O[C@@H]3O[C@H](C)[C@H](O)[C@H](O)[C@H]3O[C@@H]3O[C@H](C)[C@H](O)[C@H](O)[C@H]3O)[C@H](O)[C@H]2O[C@@H]2O[C@H](C)[C@@H](O)[C@H](O)[C@H]2O)C1=O. The molecule has 5 heterocycles. The first-order valence-electron chi connectivity index (χ1n) is 16.8. The Hall–Kier alpha value is -1.13. The van der Waals surface area contributed by atoms with E-state index in [1.165, 1.54) is 34.6 Å². The Morgan fingerprint density at radius 2 is 0.784 bits per heavy atom. The quantitative estimate of drug-likeness (QED) is 0.110. The van der Waals surface area contributed by atoms with Crippen LogP contribution < -0.4 is 0 Å². The van der Waals surface area contributed by atoms with Gasteiger partial charge in [-0.25, -0.2) is 0 Å². The fraction of sp³-hybridized carbons (Fsp3) is 0.967. The van der Waals surface area contributed by atoms with Gasteiger partial charge in [0.15, 0.2) is 43.3 Å². The van der Waals surface area contributed by atoms with Gasteiger partial charge in [-0.15, -0.1) is 0 Å². The van der Waals surface area contributed by atoms with Crippen LogP contribution in [0.1, 0.15) is 34.6 Å². The Balaban J connectivity index is 1.41. The summed E-state index contributed by atoms with van der Waals surface area (Å²) in [5.41, 5.74) is 0. The Morgan fingerprint density at radius 1 is 0.392 bits per heavy atom. The third-order valence-corrected chi connectivity index (χ3v) is 9.94. The van der Waals surface area contributed by atoms with Gasteiger partial charge in [-0.05, 0) is 34.6 Å². The molecule has 0 bridgehead atoms. The van der Waals surface area contributed by atoms with E-state index in [0.29, 0.717) is 0 Å². The number of aliphatic hydroxyl groups is 11. The van der Waals surface area contributed by atoms with Gasteiger partial charge in [0, 0.05) is 0 Å². The number of hydrogen-bond acceptors (Lipinski definition) is 21. The molecule has 296 valence electrons. The molecule has 0 amide bonds. The molecule has 5 fully saturated rings. The van der Waals surface area contributed by atoms with E-state index < -0.39 is 153 Å². The minimum Gasteiger partial charge on any atom is -0.388 e. The molecular weight excluding hydrogens is 696 g/mol. The van der Waals surface area contributed by atoms with Crippen molar-refractivity contribution >= 4 is 5.78 Å². The van der Waals surface area contributed by atoms with E-state index in [2.05, 4.69) is 0 Å².